The molecular formula is C28H35NO5. The van der Waals surface area contributed by atoms with E-state index in [1.165, 1.54) is 6.92 Å². The smallest absolute Gasteiger partial charge is 0.308 e. The summed E-state index contributed by atoms with van der Waals surface area (Å²) in [6.07, 6.45) is 5.87. The predicted molar refractivity (Wildman–Crippen MR) is 135 cm³/mol. The van der Waals surface area contributed by atoms with Crippen LogP contribution < -0.4 is 19.8 Å². The summed E-state index contributed by atoms with van der Waals surface area (Å²) in [4.78, 5) is 25.3. The molecule has 0 saturated heterocycles. The molecule has 1 aromatic heterocycles. The Kier molecular flexibility index (Phi) is 9.56. The minimum absolute atomic E-state index is 0.0375. The molecule has 0 amide bonds. The molecule has 0 radical (unpaired) electrons. The number of hydrogen-bond acceptors (Lipinski definition) is 5. The molecule has 6 heteroatoms. The molecule has 1 heterocycles. The number of esters is 1. The number of fused-ring (bicyclic) bond motifs is 1. The highest BCUT2D eigenvalue weighted by molar-refractivity contribution is 5.90. The highest BCUT2D eigenvalue weighted by Gasteiger charge is 2.21. The van der Waals surface area contributed by atoms with Gasteiger partial charge in [0.1, 0.15) is 12.4 Å². The number of aromatic nitrogens is 1. The van der Waals surface area contributed by atoms with Crippen LogP contribution in [0.15, 0.2) is 53.3 Å². The Morgan fingerprint density at radius 3 is 2.35 bits per heavy atom. The Hall–Kier alpha value is -3.28. The summed E-state index contributed by atoms with van der Waals surface area (Å²) in [5, 5.41) is 0.731. The van der Waals surface area contributed by atoms with E-state index in [1.807, 2.05) is 48.5 Å². The van der Waals surface area contributed by atoms with Crippen LogP contribution in [0.25, 0.3) is 10.9 Å². The Morgan fingerprint density at radius 2 is 1.65 bits per heavy atom. The fraction of sp³-hybridized carbons (Fsp3) is 0.429. The van der Waals surface area contributed by atoms with Crippen LogP contribution in [-0.2, 0) is 17.9 Å². The van der Waals surface area contributed by atoms with Crippen LogP contribution in [0.1, 0.15) is 64.9 Å². The van der Waals surface area contributed by atoms with E-state index in [1.54, 1.807) is 4.57 Å². The number of hydrogen-bond donors (Lipinski definition) is 0. The van der Waals surface area contributed by atoms with Crippen LogP contribution in [0, 0.1) is 0 Å². The lowest BCUT2D eigenvalue weighted by atomic mass is 10.1. The number of nitrogens with zero attached hydrogens (tertiary/aromatic N) is 1. The molecule has 0 spiro atoms. The number of pyridine rings is 1. The SMILES string of the molecule is CCCCCCn1c(=O)c(OC(C)=O)c(OCCCC)c2ccc(OCc3ccccc3)cc21. The van der Waals surface area contributed by atoms with Crippen molar-refractivity contribution in [3.05, 3.63) is 64.4 Å². The average Bonchev–Trinajstić information content (AvgIpc) is 2.84. The van der Waals surface area contributed by atoms with Gasteiger partial charge in [-0.25, -0.2) is 0 Å². The third-order valence-corrected chi connectivity index (χ3v) is 5.62. The second-order valence-corrected chi connectivity index (χ2v) is 8.42. The number of carbonyl (C=O) groups is 1. The van der Waals surface area contributed by atoms with Crippen LogP contribution in [0.5, 0.6) is 17.2 Å². The zero-order chi connectivity index (χ0) is 24.3. The van der Waals surface area contributed by atoms with Gasteiger partial charge in [0.25, 0.3) is 5.56 Å². The van der Waals surface area contributed by atoms with Gasteiger partial charge in [-0.05, 0) is 30.5 Å². The largest absolute Gasteiger partial charge is 0.489 e. The van der Waals surface area contributed by atoms with Crippen molar-refractivity contribution in [1.29, 1.82) is 0 Å². The second-order valence-electron chi connectivity index (χ2n) is 8.42. The van der Waals surface area contributed by atoms with Crippen molar-refractivity contribution in [3.8, 4) is 17.2 Å². The van der Waals surface area contributed by atoms with Crippen LogP contribution in [0.2, 0.25) is 0 Å². The topological polar surface area (TPSA) is 66.8 Å². The first kappa shape index (κ1) is 25.3. The third kappa shape index (κ3) is 6.62. The van der Waals surface area contributed by atoms with Crippen molar-refractivity contribution < 1.29 is 19.0 Å². The van der Waals surface area contributed by atoms with Gasteiger partial charge in [0, 0.05) is 24.9 Å². The molecule has 34 heavy (non-hydrogen) atoms. The average molecular weight is 466 g/mol. The number of rotatable bonds is 13. The van der Waals surface area contributed by atoms with Gasteiger partial charge in [0.05, 0.1) is 12.1 Å². The molecular weight excluding hydrogens is 430 g/mol. The maximum atomic E-state index is 13.5. The van der Waals surface area contributed by atoms with Crippen LogP contribution in [-0.4, -0.2) is 17.1 Å². The highest BCUT2D eigenvalue weighted by atomic mass is 16.6. The summed E-state index contributed by atoms with van der Waals surface area (Å²) in [5.41, 5.74) is 1.42. The quantitative estimate of drug-likeness (QED) is 0.220. The monoisotopic (exact) mass is 465 g/mol. The van der Waals surface area contributed by atoms with Gasteiger partial charge in [0.15, 0.2) is 5.75 Å². The molecule has 6 nitrogen and oxygen atoms in total. The number of unbranched alkanes of at least 4 members (excludes halogenated alkanes) is 4. The summed E-state index contributed by atoms with van der Waals surface area (Å²) in [5.74, 6) is 0.405. The van der Waals surface area contributed by atoms with Crippen LogP contribution in [0.4, 0.5) is 0 Å². The van der Waals surface area contributed by atoms with E-state index in [0.29, 0.717) is 31.3 Å². The Labute approximate surface area is 201 Å². The lowest BCUT2D eigenvalue weighted by Gasteiger charge is -2.18. The molecule has 0 unspecified atom stereocenters. The molecule has 3 rings (SSSR count). The van der Waals surface area contributed by atoms with Crippen molar-refractivity contribution in [2.24, 2.45) is 0 Å². The first-order valence-electron chi connectivity index (χ1n) is 12.2. The van der Waals surface area contributed by atoms with Gasteiger partial charge < -0.3 is 18.8 Å². The minimum Gasteiger partial charge on any atom is -0.489 e. The fourth-order valence-electron chi connectivity index (χ4n) is 3.82. The first-order valence-corrected chi connectivity index (χ1v) is 12.2. The van der Waals surface area contributed by atoms with Crippen molar-refractivity contribution in [2.45, 2.75) is 72.4 Å². The van der Waals surface area contributed by atoms with Crippen molar-refractivity contribution in [3.63, 3.8) is 0 Å². The van der Waals surface area contributed by atoms with E-state index in [0.717, 1.165) is 55.0 Å². The first-order chi connectivity index (χ1) is 16.5. The van der Waals surface area contributed by atoms with Gasteiger partial charge in [0.2, 0.25) is 5.75 Å². The minimum atomic E-state index is -0.544. The molecule has 0 bridgehead atoms. The molecule has 0 N–H and O–H groups in total. The van der Waals surface area contributed by atoms with E-state index < -0.39 is 5.97 Å². The summed E-state index contributed by atoms with van der Waals surface area (Å²) in [7, 11) is 0. The van der Waals surface area contributed by atoms with Crippen LogP contribution in [0.3, 0.4) is 0 Å². The molecule has 0 aliphatic rings. The van der Waals surface area contributed by atoms with Gasteiger partial charge >= 0.3 is 5.97 Å². The summed E-state index contributed by atoms with van der Waals surface area (Å²) >= 11 is 0. The molecule has 0 atom stereocenters. The van der Waals surface area contributed by atoms with E-state index in [9.17, 15) is 9.59 Å². The zero-order valence-corrected chi connectivity index (χ0v) is 20.5. The van der Waals surface area contributed by atoms with E-state index in [4.69, 9.17) is 14.2 Å². The maximum Gasteiger partial charge on any atom is 0.308 e. The summed E-state index contributed by atoms with van der Waals surface area (Å²) < 4.78 is 19.1. The molecule has 3 aromatic rings. The van der Waals surface area contributed by atoms with Gasteiger partial charge in [-0.2, -0.15) is 0 Å². The van der Waals surface area contributed by atoms with Gasteiger partial charge in [-0.15, -0.1) is 0 Å². The van der Waals surface area contributed by atoms with E-state index in [2.05, 4.69) is 13.8 Å². The number of carbonyl (C=O) groups excluding carboxylic acids is 1. The molecule has 0 fully saturated rings. The summed E-state index contributed by atoms with van der Waals surface area (Å²) in [6.45, 7) is 6.91. The van der Waals surface area contributed by atoms with Crippen LogP contribution >= 0.6 is 0 Å². The number of benzene rings is 2. The second kappa shape index (κ2) is 12.8. The third-order valence-electron chi connectivity index (χ3n) is 5.62. The molecule has 182 valence electrons. The zero-order valence-electron chi connectivity index (χ0n) is 20.5. The lowest BCUT2D eigenvalue weighted by molar-refractivity contribution is -0.132. The predicted octanol–water partition coefficient (Wildman–Crippen LogP) is 6.27. The van der Waals surface area contributed by atoms with Crippen molar-refractivity contribution >= 4 is 16.9 Å². The van der Waals surface area contributed by atoms with E-state index in [-0.39, 0.29) is 11.3 Å². The van der Waals surface area contributed by atoms with Crippen molar-refractivity contribution in [1.82, 2.24) is 4.57 Å². The van der Waals surface area contributed by atoms with Gasteiger partial charge in [-0.3, -0.25) is 9.59 Å². The van der Waals surface area contributed by atoms with E-state index >= 15 is 0 Å². The number of ether oxygens (including phenoxy) is 3. The van der Waals surface area contributed by atoms with Gasteiger partial charge in [-0.1, -0.05) is 69.9 Å². The normalized spacial score (nSPS) is 10.9. The Bertz CT molecular complexity index is 1140. The molecule has 0 aliphatic carbocycles. The Morgan fingerprint density at radius 1 is 0.882 bits per heavy atom. The van der Waals surface area contributed by atoms with Crippen molar-refractivity contribution in [2.75, 3.05) is 6.61 Å². The fourth-order valence-corrected chi connectivity index (χ4v) is 3.82. The molecule has 2 aromatic carbocycles. The maximum absolute atomic E-state index is 13.5. The standard InChI is InChI=1S/C28H35NO5/c1-4-6-8-12-17-29-25-19-23(33-20-22-13-10-9-11-14-22)15-16-24(25)26(32-18-7-5-2)27(28(29)31)34-21(3)30/h9-11,13-16,19H,4-8,12,17-18,20H2,1-3H3. The molecule has 0 saturated carbocycles. The number of aryl methyl sites for hydroxylation is 1. The highest BCUT2D eigenvalue weighted by Crippen LogP contribution is 2.35. The Balaban J connectivity index is 2.06. The lowest BCUT2D eigenvalue weighted by Crippen LogP contribution is -2.25. The molecule has 0 aliphatic heterocycles. The summed E-state index contributed by atoms with van der Waals surface area (Å²) in [6, 6.07) is 15.6.